The fourth-order valence-corrected chi connectivity index (χ4v) is 8.12. The highest BCUT2D eigenvalue weighted by atomic mass is 32.2. The van der Waals surface area contributed by atoms with Crippen LogP contribution in [0.5, 0.6) is 23.0 Å². The zero-order valence-electron chi connectivity index (χ0n) is 23.6. The monoisotopic (exact) mass is 626 g/mol. The molecule has 0 aliphatic rings. The predicted octanol–water partition coefficient (Wildman–Crippen LogP) is 6.75. The van der Waals surface area contributed by atoms with Crippen molar-refractivity contribution in [1.29, 1.82) is 0 Å². The van der Waals surface area contributed by atoms with Crippen molar-refractivity contribution in [2.75, 3.05) is 14.2 Å². The SMILES string of the molecule is COc1ccc2cc(S(=O)(=O)c3ccccc3)c(O)c(-c3c(O)c(S(=O)(=O)c4ccccc4)cc4ccc(OC)cc34)c2c1. The van der Waals surface area contributed by atoms with Crippen molar-refractivity contribution in [1.82, 2.24) is 0 Å². The number of phenolic OH excluding ortho intramolecular Hbond substituents is 2. The van der Waals surface area contributed by atoms with E-state index in [0.29, 0.717) is 33.0 Å². The second kappa shape index (κ2) is 10.9. The molecule has 0 fully saturated rings. The Morgan fingerprint density at radius 1 is 0.500 bits per heavy atom. The summed E-state index contributed by atoms with van der Waals surface area (Å²) in [5.74, 6) is -0.538. The summed E-state index contributed by atoms with van der Waals surface area (Å²) in [5, 5.41) is 25.3. The van der Waals surface area contributed by atoms with E-state index in [0.717, 1.165) is 0 Å². The number of ether oxygens (including phenoxy) is 2. The molecule has 0 unspecified atom stereocenters. The van der Waals surface area contributed by atoms with Gasteiger partial charge in [-0.2, -0.15) is 0 Å². The first-order valence-corrected chi connectivity index (χ1v) is 16.3. The molecule has 0 spiro atoms. The Bertz CT molecular complexity index is 2120. The Kier molecular flexibility index (Phi) is 7.19. The van der Waals surface area contributed by atoms with Gasteiger partial charge in [-0.15, -0.1) is 0 Å². The molecule has 0 bridgehead atoms. The van der Waals surface area contributed by atoms with Crippen molar-refractivity contribution in [3.8, 4) is 34.1 Å². The van der Waals surface area contributed by atoms with Crippen LogP contribution >= 0.6 is 0 Å². The van der Waals surface area contributed by atoms with E-state index in [2.05, 4.69) is 0 Å². The average Bonchev–Trinajstić information content (AvgIpc) is 3.05. The van der Waals surface area contributed by atoms with Gasteiger partial charge >= 0.3 is 0 Å². The molecule has 0 amide bonds. The Morgan fingerprint density at radius 2 is 0.864 bits per heavy atom. The van der Waals surface area contributed by atoms with E-state index < -0.39 is 41.0 Å². The third kappa shape index (κ3) is 4.68. The molecular formula is C34H26O8S2. The summed E-state index contributed by atoms with van der Waals surface area (Å²) in [6.07, 6.45) is 0. The van der Waals surface area contributed by atoms with Gasteiger partial charge in [-0.25, -0.2) is 16.8 Å². The van der Waals surface area contributed by atoms with Gasteiger partial charge in [0.1, 0.15) is 32.8 Å². The van der Waals surface area contributed by atoms with E-state index in [9.17, 15) is 27.0 Å². The first-order valence-electron chi connectivity index (χ1n) is 13.4. The largest absolute Gasteiger partial charge is 0.506 e. The molecular weight excluding hydrogens is 601 g/mol. The van der Waals surface area contributed by atoms with Crippen LogP contribution in [0, 0.1) is 0 Å². The number of methoxy groups -OCH3 is 2. The van der Waals surface area contributed by atoms with E-state index in [1.54, 1.807) is 72.8 Å². The van der Waals surface area contributed by atoms with Gasteiger partial charge in [0.05, 0.1) is 24.0 Å². The molecule has 0 radical (unpaired) electrons. The summed E-state index contributed by atoms with van der Waals surface area (Å²) in [4.78, 5) is -0.929. The van der Waals surface area contributed by atoms with Gasteiger partial charge in [-0.1, -0.05) is 48.5 Å². The molecule has 222 valence electrons. The minimum atomic E-state index is -4.27. The van der Waals surface area contributed by atoms with Crippen molar-refractivity contribution in [3.63, 3.8) is 0 Å². The van der Waals surface area contributed by atoms with Crippen LogP contribution in [0.4, 0.5) is 0 Å². The molecule has 8 nitrogen and oxygen atoms in total. The normalized spacial score (nSPS) is 12.0. The molecule has 0 saturated carbocycles. The second-order valence-electron chi connectivity index (χ2n) is 10.0. The van der Waals surface area contributed by atoms with Crippen LogP contribution in [0.25, 0.3) is 32.7 Å². The lowest BCUT2D eigenvalue weighted by atomic mass is 9.92. The number of fused-ring (bicyclic) bond motifs is 2. The zero-order valence-corrected chi connectivity index (χ0v) is 25.2. The van der Waals surface area contributed by atoms with Crippen LogP contribution in [0.3, 0.4) is 0 Å². The van der Waals surface area contributed by atoms with Gasteiger partial charge in [-0.3, -0.25) is 0 Å². The minimum absolute atomic E-state index is 0.0507. The van der Waals surface area contributed by atoms with Gasteiger partial charge in [0.15, 0.2) is 0 Å². The number of hydrogen-bond acceptors (Lipinski definition) is 8. The van der Waals surface area contributed by atoms with Gasteiger partial charge in [0.2, 0.25) is 19.7 Å². The molecule has 0 aliphatic heterocycles. The average molecular weight is 627 g/mol. The minimum Gasteiger partial charge on any atom is -0.506 e. The Labute approximate surface area is 254 Å². The summed E-state index contributed by atoms with van der Waals surface area (Å²) in [6, 6.07) is 27.7. The van der Waals surface area contributed by atoms with Crippen LogP contribution in [0.1, 0.15) is 0 Å². The number of sulfone groups is 2. The quantitative estimate of drug-likeness (QED) is 0.199. The first-order chi connectivity index (χ1) is 21.1. The summed E-state index contributed by atoms with van der Waals surface area (Å²) in [5.41, 5.74) is -0.173. The lowest BCUT2D eigenvalue weighted by Crippen LogP contribution is -2.05. The standard InChI is InChI=1S/C34H26O8S2/c1-41-23-15-13-21-17-29(43(37,38)25-9-5-3-6-10-25)33(35)31(27(21)19-23)32-28-20-24(42-2)16-14-22(28)18-30(34(32)36)44(39,40)26-11-7-4-8-12-26/h3-20,35-36H,1-2H3. The molecule has 6 aromatic carbocycles. The van der Waals surface area contributed by atoms with Crippen molar-refractivity contribution < 1.29 is 36.5 Å². The fraction of sp³-hybridized carbons (Fsp3) is 0.0588. The molecule has 2 N–H and O–H groups in total. The molecule has 6 aromatic rings. The van der Waals surface area contributed by atoms with E-state index >= 15 is 0 Å². The maximum absolute atomic E-state index is 13.9. The molecule has 0 aliphatic carbocycles. The van der Waals surface area contributed by atoms with E-state index in [1.807, 2.05) is 0 Å². The van der Waals surface area contributed by atoms with Crippen molar-refractivity contribution in [2.24, 2.45) is 0 Å². The summed E-state index contributed by atoms with van der Waals surface area (Å²) in [6.45, 7) is 0. The molecule has 10 heteroatoms. The maximum Gasteiger partial charge on any atom is 0.210 e. The van der Waals surface area contributed by atoms with Crippen molar-refractivity contribution in [3.05, 3.63) is 109 Å². The lowest BCUT2D eigenvalue weighted by Gasteiger charge is -2.20. The Morgan fingerprint density at radius 3 is 1.20 bits per heavy atom. The molecule has 0 aromatic heterocycles. The lowest BCUT2D eigenvalue weighted by molar-refractivity contribution is 0.415. The van der Waals surface area contributed by atoms with Gasteiger partial charge in [0, 0.05) is 11.1 Å². The highest BCUT2D eigenvalue weighted by Gasteiger charge is 2.31. The maximum atomic E-state index is 13.9. The highest BCUT2D eigenvalue weighted by molar-refractivity contribution is 7.92. The fourth-order valence-electron chi connectivity index (χ4n) is 5.30. The summed E-state index contributed by atoms with van der Waals surface area (Å²) >= 11 is 0. The van der Waals surface area contributed by atoms with Gasteiger partial charge < -0.3 is 19.7 Å². The molecule has 6 rings (SSSR count). The smallest absolute Gasteiger partial charge is 0.210 e. The third-order valence-corrected chi connectivity index (χ3v) is 11.1. The Hall–Kier alpha value is -5.06. The second-order valence-corrected chi connectivity index (χ2v) is 13.8. The predicted molar refractivity (Wildman–Crippen MR) is 167 cm³/mol. The van der Waals surface area contributed by atoms with Gasteiger partial charge in [0.25, 0.3) is 0 Å². The first kappa shape index (κ1) is 29.0. The molecule has 44 heavy (non-hydrogen) atoms. The zero-order chi connectivity index (χ0) is 31.2. The molecule has 0 saturated heterocycles. The van der Waals surface area contributed by atoms with Crippen LogP contribution in [-0.4, -0.2) is 41.3 Å². The van der Waals surface area contributed by atoms with Crippen LogP contribution in [0.15, 0.2) is 129 Å². The van der Waals surface area contributed by atoms with Crippen LogP contribution < -0.4 is 9.47 Å². The highest BCUT2D eigenvalue weighted by Crippen LogP contribution is 2.51. The van der Waals surface area contributed by atoms with E-state index in [-0.39, 0.29) is 20.9 Å². The molecule has 0 heterocycles. The van der Waals surface area contributed by atoms with Crippen molar-refractivity contribution in [2.45, 2.75) is 19.6 Å². The topological polar surface area (TPSA) is 127 Å². The number of benzene rings is 6. The van der Waals surface area contributed by atoms with Crippen LogP contribution in [-0.2, 0) is 19.7 Å². The van der Waals surface area contributed by atoms with Crippen molar-refractivity contribution >= 4 is 41.2 Å². The van der Waals surface area contributed by atoms with E-state index in [1.165, 1.54) is 50.6 Å². The number of hydrogen-bond donors (Lipinski definition) is 2. The number of aromatic hydroxyl groups is 2. The number of phenols is 2. The van der Waals surface area contributed by atoms with E-state index in [4.69, 9.17) is 9.47 Å². The number of rotatable bonds is 7. The summed E-state index contributed by atoms with van der Waals surface area (Å²) in [7, 11) is -5.63. The van der Waals surface area contributed by atoms with Crippen LogP contribution in [0.2, 0.25) is 0 Å². The third-order valence-electron chi connectivity index (χ3n) is 7.51. The Balaban J connectivity index is 1.81. The summed E-state index contributed by atoms with van der Waals surface area (Å²) < 4.78 is 66.5. The van der Waals surface area contributed by atoms with Gasteiger partial charge in [-0.05, 0) is 82.2 Å². The molecule has 0 atom stereocenters.